The molecule has 3 aromatic rings. The third-order valence-corrected chi connectivity index (χ3v) is 4.83. The number of nitrogens with one attached hydrogen (secondary N) is 1. The van der Waals surface area contributed by atoms with Gasteiger partial charge in [-0.2, -0.15) is 4.98 Å². The van der Waals surface area contributed by atoms with Crippen LogP contribution in [0, 0.1) is 6.92 Å². The van der Waals surface area contributed by atoms with Gasteiger partial charge in [0, 0.05) is 10.9 Å². The molecule has 0 aliphatic carbocycles. The SMILES string of the molecule is Cc1c(CC(C)N)sc2c(NCc3ccco3)nc(Cl)nc12.Cl.Cl. The standard InChI is InChI=1S/C15H17ClN4OS.2ClH/c1-8(17)6-11-9(2)12-13(22-11)14(20-15(16)19-12)18-7-10-4-3-5-21-10;;/h3-5,8H,6-7,17H2,1-2H3,(H,18,19,20);2*1H. The van der Waals surface area contributed by atoms with Crippen molar-refractivity contribution < 1.29 is 4.42 Å². The maximum atomic E-state index is 6.07. The minimum absolute atomic E-state index is 0. The van der Waals surface area contributed by atoms with Crippen molar-refractivity contribution in [1.82, 2.24) is 9.97 Å². The van der Waals surface area contributed by atoms with E-state index in [9.17, 15) is 0 Å². The van der Waals surface area contributed by atoms with Crippen LogP contribution in [0.4, 0.5) is 5.82 Å². The predicted octanol–water partition coefficient (Wildman–Crippen LogP) is 4.59. The normalized spacial score (nSPS) is 11.7. The molecule has 0 amide bonds. The fourth-order valence-corrected chi connectivity index (χ4v) is 3.82. The van der Waals surface area contributed by atoms with Gasteiger partial charge >= 0.3 is 0 Å². The van der Waals surface area contributed by atoms with Crippen LogP contribution in [0.3, 0.4) is 0 Å². The van der Waals surface area contributed by atoms with Gasteiger partial charge < -0.3 is 15.5 Å². The molecule has 3 rings (SSSR count). The van der Waals surface area contributed by atoms with Gasteiger partial charge in [0.15, 0.2) is 0 Å². The summed E-state index contributed by atoms with van der Waals surface area (Å²) < 4.78 is 6.33. The molecule has 0 bridgehead atoms. The molecule has 3 aromatic heterocycles. The molecule has 9 heteroatoms. The van der Waals surface area contributed by atoms with Crippen LogP contribution in [0.2, 0.25) is 5.28 Å². The summed E-state index contributed by atoms with van der Waals surface area (Å²) in [4.78, 5) is 9.91. The summed E-state index contributed by atoms with van der Waals surface area (Å²) in [5.74, 6) is 1.57. The number of halogens is 3. The van der Waals surface area contributed by atoms with E-state index >= 15 is 0 Å². The second-order valence-corrected chi connectivity index (χ2v) is 6.73. The smallest absolute Gasteiger partial charge is 0.224 e. The first-order chi connectivity index (χ1) is 10.5. The van der Waals surface area contributed by atoms with Gasteiger partial charge in [0.1, 0.15) is 11.6 Å². The van der Waals surface area contributed by atoms with E-state index in [4.69, 9.17) is 21.8 Å². The van der Waals surface area contributed by atoms with Crippen LogP contribution in [0.15, 0.2) is 22.8 Å². The van der Waals surface area contributed by atoms with Crippen LogP contribution in [-0.4, -0.2) is 16.0 Å². The number of anilines is 1. The second-order valence-electron chi connectivity index (χ2n) is 5.28. The molecule has 1 atom stereocenters. The third kappa shape index (κ3) is 4.52. The van der Waals surface area contributed by atoms with E-state index in [-0.39, 0.29) is 36.1 Å². The summed E-state index contributed by atoms with van der Waals surface area (Å²) in [6.45, 7) is 4.60. The van der Waals surface area contributed by atoms with Crippen LogP contribution < -0.4 is 11.1 Å². The summed E-state index contributed by atoms with van der Waals surface area (Å²) in [7, 11) is 0. The number of hydrogen-bond acceptors (Lipinski definition) is 6. The Morgan fingerprint density at radius 3 is 2.75 bits per heavy atom. The number of aryl methyl sites for hydroxylation is 1. The van der Waals surface area contributed by atoms with Gasteiger partial charge in [0.05, 0.1) is 23.0 Å². The molecular formula is C15H19Cl3N4OS. The van der Waals surface area contributed by atoms with Crippen molar-refractivity contribution in [2.24, 2.45) is 5.73 Å². The third-order valence-electron chi connectivity index (χ3n) is 3.35. The molecule has 132 valence electrons. The number of hydrogen-bond donors (Lipinski definition) is 2. The number of fused-ring (bicyclic) bond motifs is 1. The largest absolute Gasteiger partial charge is 0.467 e. The number of nitrogens with zero attached hydrogens (tertiary/aromatic N) is 2. The Morgan fingerprint density at radius 1 is 1.38 bits per heavy atom. The summed E-state index contributed by atoms with van der Waals surface area (Å²) in [5, 5.41) is 3.51. The van der Waals surface area contributed by atoms with E-state index in [2.05, 4.69) is 22.2 Å². The highest BCUT2D eigenvalue weighted by Gasteiger charge is 2.16. The molecule has 0 radical (unpaired) electrons. The van der Waals surface area contributed by atoms with E-state index < -0.39 is 0 Å². The Balaban J connectivity index is 0.00000144. The predicted molar refractivity (Wildman–Crippen MR) is 105 cm³/mol. The Morgan fingerprint density at radius 2 is 2.12 bits per heavy atom. The van der Waals surface area contributed by atoms with Crippen molar-refractivity contribution in [1.29, 1.82) is 0 Å². The van der Waals surface area contributed by atoms with Crippen molar-refractivity contribution in [2.75, 3.05) is 5.32 Å². The number of aromatic nitrogens is 2. The molecule has 5 nitrogen and oxygen atoms in total. The van der Waals surface area contributed by atoms with Crippen LogP contribution in [0.5, 0.6) is 0 Å². The maximum Gasteiger partial charge on any atom is 0.224 e. The van der Waals surface area contributed by atoms with Gasteiger partial charge in [0.2, 0.25) is 5.28 Å². The highest BCUT2D eigenvalue weighted by Crippen LogP contribution is 2.35. The Kier molecular flexibility index (Phi) is 7.76. The Labute approximate surface area is 161 Å². The second kappa shape index (κ2) is 8.87. The molecule has 0 fully saturated rings. The molecule has 0 aliphatic rings. The van der Waals surface area contributed by atoms with Gasteiger partial charge in [-0.05, 0) is 49.6 Å². The Hall–Kier alpha value is -1.05. The lowest BCUT2D eigenvalue weighted by Crippen LogP contribution is -2.17. The van der Waals surface area contributed by atoms with E-state index in [0.29, 0.717) is 6.54 Å². The molecule has 3 heterocycles. The zero-order valence-electron chi connectivity index (χ0n) is 13.2. The van der Waals surface area contributed by atoms with Crippen LogP contribution in [0.25, 0.3) is 10.2 Å². The topological polar surface area (TPSA) is 77.0 Å². The lowest BCUT2D eigenvalue weighted by Gasteiger charge is -2.05. The van der Waals surface area contributed by atoms with E-state index in [1.807, 2.05) is 19.1 Å². The van der Waals surface area contributed by atoms with Gasteiger partial charge in [-0.15, -0.1) is 36.2 Å². The number of furan rings is 1. The molecule has 24 heavy (non-hydrogen) atoms. The van der Waals surface area contributed by atoms with Gasteiger partial charge in [-0.25, -0.2) is 4.98 Å². The quantitative estimate of drug-likeness (QED) is 0.603. The van der Waals surface area contributed by atoms with Gasteiger partial charge in [-0.3, -0.25) is 0 Å². The number of thiophene rings is 1. The average molecular weight is 410 g/mol. The highest BCUT2D eigenvalue weighted by molar-refractivity contribution is 7.19. The van der Waals surface area contributed by atoms with Crippen molar-refractivity contribution in [3.05, 3.63) is 39.9 Å². The summed E-state index contributed by atoms with van der Waals surface area (Å²) in [6.07, 6.45) is 2.47. The molecular weight excluding hydrogens is 391 g/mol. The summed E-state index contributed by atoms with van der Waals surface area (Å²) >= 11 is 7.73. The van der Waals surface area contributed by atoms with Crippen LogP contribution in [-0.2, 0) is 13.0 Å². The maximum absolute atomic E-state index is 6.07. The molecule has 0 aliphatic heterocycles. The lowest BCUT2D eigenvalue weighted by molar-refractivity contribution is 0.518. The van der Waals surface area contributed by atoms with E-state index in [1.54, 1.807) is 17.6 Å². The summed E-state index contributed by atoms with van der Waals surface area (Å²) in [5.41, 5.74) is 7.94. The lowest BCUT2D eigenvalue weighted by atomic mass is 10.1. The minimum Gasteiger partial charge on any atom is -0.467 e. The molecule has 0 saturated heterocycles. The first-order valence-electron chi connectivity index (χ1n) is 7.02. The zero-order chi connectivity index (χ0) is 15.7. The first kappa shape index (κ1) is 21.0. The van der Waals surface area contributed by atoms with Crippen molar-refractivity contribution in [3.8, 4) is 0 Å². The van der Waals surface area contributed by atoms with Gasteiger partial charge in [0.25, 0.3) is 0 Å². The minimum atomic E-state index is 0. The number of rotatable bonds is 5. The highest BCUT2D eigenvalue weighted by atomic mass is 35.5. The van der Waals surface area contributed by atoms with Crippen molar-refractivity contribution in [2.45, 2.75) is 32.9 Å². The molecule has 0 saturated carbocycles. The fraction of sp³-hybridized carbons (Fsp3) is 0.333. The van der Waals surface area contributed by atoms with E-state index in [1.165, 1.54) is 4.88 Å². The zero-order valence-corrected chi connectivity index (χ0v) is 16.4. The van der Waals surface area contributed by atoms with Crippen molar-refractivity contribution in [3.63, 3.8) is 0 Å². The molecule has 0 aromatic carbocycles. The van der Waals surface area contributed by atoms with Gasteiger partial charge in [-0.1, -0.05) is 0 Å². The summed E-state index contributed by atoms with van der Waals surface area (Å²) in [6, 6.07) is 3.87. The Bertz CT molecular complexity index is 790. The molecule has 3 N–H and O–H groups in total. The average Bonchev–Trinajstić information content (AvgIpc) is 3.07. The molecule has 0 spiro atoms. The first-order valence-corrected chi connectivity index (χ1v) is 8.21. The fourth-order valence-electron chi connectivity index (χ4n) is 2.30. The van der Waals surface area contributed by atoms with Crippen molar-refractivity contribution >= 4 is 63.8 Å². The van der Waals surface area contributed by atoms with E-state index in [0.717, 1.165) is 33.8 Å². The van der Waals surface area contributed by atoms with Crippen LogP contribution in [0.1, 0.15) is 23.1 Å². The number of nitrogens with two attached hydrogens (primary N) is 1. The molecule has 1 unspecified atom stereocenters. The monoisotopic (exact) mass is 408 g/mol. The van der Waals surface area contributed by atoms with Crippen LogP contribution >= 0.6 is 47.8 Å².